The number of benzene rings is 3. The molecule has 0 aromatic heterocycles. The number of hydrogen-bond donors (Lipinski definition) is 1. The molecule has 2 saturated heterocycles. The summed E-state index contributed by atoms with van der Waals surface area (Å²) in [6, 6.07) is 20.6. The van der Waals surface area contributed by atoms with Gasteiger partial charge in [-0.1, -0.05) is 35.4 Å². The monoisotopic (exact) mass is 510 g/mol. The van der Waals surface area contributed by atoms with Gasteiger partial charge in [0.1, 0.15) is 0 Å². The Morgan fingerprint density at radius 1 is 0.632 bits per heavy atom. The van der Waals surface area contributed by atoms with Gasteiger partial charge in [-0.15, -0.1) is 0 Å². The molecule has 5 rings (SSSR count). The zero-order valence-corrected chi connectivity index (χ0v) is 22.1. The first-order chi connectivity index (χ1) is 18.4. The van der Waals surface area contributed by atoms with E-state index in [9.17, 15) is 14.4 Å². The lowest BCUT2D eigenvalue weighted by atomic mass is 10.1. The van der Waals surface area contributed by atoms with Gasteiger partial charge in [0.25, 0.3) is 17.7 Å². The van der Waals surface area contributed by atoms with Gasteiger partial charge in [0.15, 0.2) is 0 Å². The maximum atomic E-state index is 13.6. The van der Waals surface area contributed by atoms with Gasteiger partial charge in [-0.05, 0) is 69.2 Å². The molecule has 0 aliphatic carbocycles. The van der Waals surface area contributed by atoms with E-state index in [1.807, 2.05) is 72.2 Å². The summed E-state index contributed by atoms with van der Waals surface area (Å²) in [5.74, 6) is -0.185. The lowest BCUT2D eigenvalue weighted by molar-refractivity contribution is 0.0743. The third-order valence-electron chi connectivity index (χ3n) is 7.40. The Morgan fingerprint density at radius 3 is 1.79 bits per heavy atom. The Kier molecular flexibility index (Phi) is 7.45. The average molecular weight is 511 g/mol. The molecule has 2 aliphatic heterocycles. The summed E-state index contributed by atoms with van der Waals surface area (Å²) < 4.78 is 0. The standard InChI is InChI=1S/C31H34N4O3/c1-22-5-9-24(10-6-22)29(36)32-26-13-14-28(27(21-26)31(38)34-15-3-4-16-34)33-17-19-35(20-18-33)30(37)25-11-7-23(2)8-12-25/h5-14,21H,3-4,15-20H2,1-2H3,(H,32,36). The van der Waals surface area contributed by atoms with E-state index in [0.717, 1.165) is 42.7 Å². The number of anilines is 2. The van der Waals surface area contributed by atoms with Gasteiger partial charge in [-0.3, -0.25) is 14.4 Å². The highest BCUT2D eigenvalue weighted by Gasteiger charge is 2.28. The Labute approximate surface area is 224 Å². The molecule has 0 radical (unpaired) electrons. The van der Waals surface area contributed by atoms with E-state index < -0.39 is 0 Å². The lowest BCUT2D eigenvalue weighted by Crippen LogP contribution is -2.49. The summed E-state index contributed by atoms with van der Waals surface area (Å²) in [4.78, 5) is 45.3. The number of piperazine rings is 1. The van der Waals surface area contributed by atoms with Crippen LogP contribution in [0.1, 0.15) is 55.0 Å². The van der Waals surface area contributed by atoms with Crippen LogP contribution in [0.4, 0.5) is 11.4 Å². The van der Waals surface area contributed by atoms with Crippen LogP contribution in [0.2, 0.25) is 0 Å². The summed E-state index contributed by atoms with van der Waals surface area (Å²) in [6.07, 6.45) is 2.01. The largest absolute Gasteiger partial charge is 0.367 e. The fraction of sp³-hybridized carbons (Fsp3) is 0.323. The van der Waals surface area contributed by atoms with E-state index in [0.29, 0.717) is 48.6 Å². The Hall–Kier alpha value is -4.13. The molecule has 7 heteroatoms. The van der Waals surface area contributed by atoms with Gasteiger partial charge >= 0.3 is 0 Å². The third kappa shape index (κ3) is 5.57. The zero-order chi connectivity index (χ0) is 26.6. The van der Waals surface area contributed by atoms with Crippen molar-refractivity contribution in [2.45, 2.75) is 26.7 Å². The second kappa shape index (κ2) is 11.1. The molecule has 0 bridgehead atoms. The highest BCUT2D eigenvalue weighted by atomic mass is 16.2. The Balaban J connectivity index is 1.34. The van der Waals surface area contributed by atoms with E-state index in [2.05, 4.69) is 10.2 Å². The molecule has 0 atom stereocenters. The normalized spacial score (nSPS) is 15.5. The van der Waals surface area contributed by atoms with Crippen molar-refractivity contribution >= 4 is 29.1 Å². The van der Waals surface area contributed by atoms with Gasteiger partial charge in [0, 0.05) is 61.8 Å². The molecule has 2 aliphatic rings. The first kappa shape index (κ1) is 25.5. The van der Waals surface area contributed by atoms with E-state index in [-0.39, 0.29) is 17.7 Å². The van der Waals surface area contributed by atoms with Crippen molar-refractivity contribution in [3.05, 3.63) is 94.5 Å². The molecule has 2 heterocycles. The number of carbonyl (C=O) groups excluding carboxylic acids is 3. The van der Waals surface area contributed by atoms with Crippen LogP contribution in [0.25, 0.3) is 0 Å². The summed E-state index contributed by atoms with van der Waals surface area (Å²) >= 11 is 0. The Bertz CT molecular complexity index is 1320. The van der Waals surface area contributed by atoms with E-state index in [1.54, 1.807) is 18.2 Å². The van der Waals surface area contributed by atoms with Crippen molar-refractivity contribution in [2.75, 3.05) is 49.5 Å². The molecule has 2 fully saturated rings. The number of hydrogen-bond acceptors (Lipinski definition) is 4. The van der Waals surface area contributed by atoms with Crippen molar-refractivity contribution in [2.24, 2.45) is 0 Å². The summed E-state index contributed by atoms with van der Waals surface area (Å²) in [6.45, 7) is 7.90. The van der Waals surface area contributed by atoms with Gasteiger partial charge in [0.05, 0.1) is 5.56 Å². The van der Waals surface area contributed by atoms with Gasteiger partial charge in [0.2, 0.25) is 0 Å². The molecule has 7 nitrogen and oxygen atoms in total. The predicted molar refractivity (Wildman–Crippen MR) is 150 cm³/mol. The van der Waals surface area contributed by atoms with Crippen molar-refractivity contribution < 1.29 is 14.4 Å². The first-order valence-corrected chi connectivity index (χ1v) is 13.3. The molecule has 196 valence electrons. The van der Waals surface area contributed by atoms with Crippen LogP contribution < -0.4 is 10.2 Å². The number of nitrogens with zero attached hydrogens (tertiary/aromatic N) is 3. The van der Waals surface area contributed by atoms with E-state index >= 15 is 0 Å². The smallest absolute Gasteiger partial charge is 0.256 e. The van der Waals surface area contributed by atoms with E-state index in [4.69, 9.17) is 0 Å². The zero-order valence-electron chi connectivity index (χ0n) is 22.1. The number of amides is 3. The average Bonchev–Trinajstić information content (AvgIpc) is 3.48. The fourth-order valence-corrected chi connectivity index (χ4v) is 5.09. The quantitative estimate of drug-likeness (QED) is 0.538. The molecule has 3 aromatic rings. The number of carbonyl (C=O) groups is 3. The molecule has 3 amide bonds. The van der Waals surface area contributed by atoms with E-state index in [1.165, 1.54) is 0 Å². The summed E-state index contributed by atoms with van der Waals surface area (Å²) in [5, 5.41) is 2.96. The fourth-order valence-electron chi connectivity index (χ4n) is 5.09. The maximum absolute atomic E-state index is 13.6. The Morgan fingerprint density at radius 2 is 1.18 bits per heavy atom. The molecule has 0 unspecified atom stereocenters. The molecule has 0 saturated carbocycles. The van der Waals surface area contributed by atoms with Gasteiger partial charge < -0.3 is 20.0 Å². The van der Waals surface area contributed by atoms with Crippen LogP contribution in [-0.2, 0) is 0 Å². The van der Waals surface area contributed by atoms with Crippen molar-refractivity contribution in [1.29, 1.82) is 0 Å². The maximum Gasteiger partial charge on any atom is 0.256 e. The highest BCUT2D eigenvalue weighted by Crippen LogP contribution is 2.29. The molecular weight excluding hydrogens is 476 g/mol. The minimum absolute atomic E-state index is 0.0119. The third-order valence-corrected chi connectivity index (χ3v) is 7.40. The molecule has 1 N–H and O–H groups in total. The molecule has 3 aromatic carbocycles. The number of likely N-dealkylation sites (tertiary alicyclic amines) is 1. The molecular formula is C31H34N4O3. The number of nitrogens with one attached hydrogen (secondary N) is 1. The SMILES string of the molecule is Cc1ccc(C(=O)Nc2ccc(N3CCN(C(=O)c4ccc(C)cc4)CC3)c(C(=O)N3CCCC3)c2)cc1. The summed E-state index contributed by atoms with van der Waals surface area (Å²) in [5.41, 5.74) is 5.51. The molecule has 0 spiro atoms. The van der Waals surface area contributed by atoms with Crippen molar-refractivity contribution in [3.63, 3.8) is 0 Å². The second-order valence-corrected chi connectivity index (χ2v) is 10.2. The van der Waals surface area contributed by atoms with Crippen LogP contribution in [0.15, 0.2) is 66.7 Å². The minimum atomic E-state index is -0.208. The minimum Gasteiger partial charge on any atom is -0.367 e. The highest BCUT2D eigenvalue weighted by molar-refractivity contribution is 6.06. The van der Waals surface area contributed by atoms with Crippen molar-refractivity contribution in [3.8, 4) is 0 Å². The van der Waals surface area contributed by atoms with Crippen LogP contribution in [0.5, 0.6) is 0 Å². The topological polar surface area (TPSA) is 73.0 Å². The van der Waals surface area contributed by atoms with Crippen LogP contribution in [0.3, 0.4) is 0 Å². The predicted octanol–water partition coefficient (Wildman–Crippen LogP) is 4.75. The summed E-state index contributed by atoms with van der Waals surface area (Å²) in [7, 11) is 0. The molecule has 38 heavy (non-hydrogen) atoms. The van der Waals surface area contributed by atoms with Gasteiger partial charge in [-0.25, -0.2) is 0 Å². The second-order valence-electron chi connectivity index (χ2n) is 10.2. The number of rotatable bonds is 5. The van der Waals surface area contributed by atoms with Crippen LogP contribution >= 0.6 is 0 Å². The first-order valence-electron chi connectivity index (χ1n) is 13.3. The van der Waals surface area contributed by atoms with Crippen LogP contribution in [-0.4, -0.2) is 66.8 Å². The number of aryl methyl sites for hydroxylation is 2. The lowest BCUT2D eigenvalue weighted by Gasteiger charge is -2.37. The van der Waals surface area contributed by atoms with Crippen molar-refractivity contribution in [1.82, 2.24) is 9.80 Å². The van der Waals surface area contributed by atoms with Gasteiger partial charge in [-0.2, -0.15) is 0 Å². The van der Waals surface area contributed by atoms with Crippen LogP contribution in [0, 0.1) is 13.8 Å².